The summed E-state index contributed by atoms with van der Waals surface area (Å²) in [5, 5.41) is 11.4. The van der Waals surface area contributed by atoms with E-state index in [0.29, 0.717) is 22.5 Å². The number of aromatic nitrogens is 3. The first-order chi connectivity index (χ1) is 29.2. The van der Waals surface area contributed by atoms with E-state index in [1.807, 2.05) is 71.3 Å². The zero-order valence-electron chi connectivity index (χ0n) is 38.6. The van der Waals surface area contributed by atoms with E-state index < -0.39 is 13.7 Å². The molecule has 0 aliphatic heterocycles. The van der Waals surface area contributed by atoms with E-state index in [1.54, 1.807) is 42.6 Å². The van der Waals surface area contributed by atoms with E-state index >= 15 is 0 Å². The Hall–Kier alpha value is -6.26. The summed E-state index contributed by atoms with van der Waals surface area (Å²) in [7, 11) is 0. The Morgan fingerprint density at radius 1 is 0.536 bits per heavy atom. The van der Waals surface area contributed by atoms with Gasteiger partial charge >= 0.3 is 0 Å². The van der Waals surface area contributed by atoms with Crippen molar-refractivity contribution in [1.82, 2.24) is 14.5 Å². The standard InChI is InChI=1S/C52H49N3O/c1-33-16-19-35(20-17-33)37-26-27-53-45(32-37)39-29-38(30-41(31-39)52(6,7)8)42-13-11-14-47-49(42)54-50(43-12-9-10-15-48(43)56)55(47)46-25-18-34(2)28-44(46)36-21-23-40(24-22-36)51(3,4)5/h9-32,56H,1-8H3/i1D3,2D3. The lowest BCUT2D eigenvalue weighted by atomic mass is 9.83. The van der Waals surface area contributed by atoms with E-state index in [9.17, 15) is 5.11 Å². The molecule has 4 nitrogen and oxygen atoms in total. The summed E-state index contributed by atoms with van der Waals surface area (Å²) in [5.74, 6) is 0.572. The third kappa shape index (κ3) is 7.04. The van der Waals surface area contributed by atoms with E-state index in [-0.39, 0.29) is 22.1 Å². The predicted molar refractivity (Wildman–Crippen MR) is 235 cm³/mol. The third-order valence-electron chi connectivity index (χ3n) is 10.5. The summed E-state index contributed by atoms with van der Waals surface area (Å²) in [5.41, 5.74) is 12.0. The van der Waals surface area contributed by atoms with Crippen molar-refractivity contribution in [3.63, 3.8) is 0 Å². The predicted octanol–water partition coefficient (Wildman–Crippen LogP) is 13.7. The maximum absolute atomic E-state index is 11.4. The molecule has 0 unspecified atom stereocenters. The molecule has 8 rings (SSSR count). The minimum absolute atomic E-state index is 0.0665. The molecule has 0 aliphatic rings. The van der Waals surface area contributed by atoms with E-state index in [1.165, 1.54) is 0 Å². The highest BCUT2D eigenvalue weighted by Crippen LogP contribution is 2.42. The molecule has 2 aromatic heterocycles. The Morgan fingerprint density at radius 2 is 1.21 bits per heavy atom. The summed E-state index contributed by atoms with van der Waals surface area (Å²) in [6.07, 6.45) is 1.78. The summed E-state index contributed by atoms with van der Waals surface area (Å²) in [6.45, 7) is 8.50. The van der Waals surface area contributed by atoms with Crippen molar-refractivity contribution in [2.75, 3.05) is 0 Å². The lowest BCUT2D eigenvalue weighted by Gasteiger charge is -2.22. The summed E-state index contributed by atoms with van der Waals surface area (Å²) in [4.78, 5) is 10.2. The highest BCUT2D eigenvalue weighted by molar-refractivity contribution is 5.97. The van der Waals surface area contributed by atoms with Crippen molar-refractivity contribution in [2.45, 2.75) is 66.1 Å². The van der Waals surface area contributed by atoms with Crippen LogP contribution in [0.4, 0.5) is 0 Å². The van der Waals surface area contributed by atoms with Crippen LogP contribution in [-0.2, 0) is 10.8 Å². The van der Waals surface area contributed by atoms with Crippen LogP contribution >= 0.6 is 0 Å². The van der Waals surface area contributed by atoms with Gasteiger partial charge in [0.15, 0.2) is 0 Å². The van der Waals surface area contributed by atoms with Gasteiger partial charge in [0.25, 0.3) is 0 Å². The van der Waals surface area contributed by atoms with Crippen LogP contribution < -0.4 is 0 Å². The molecule has 0 saturated heterocycles. The van der Waals surface area contributed by atoms with Crippen molar-refractivity contribution in [3.05, 3.63) is 168 Å². The van der Waals surface area contributed by atoms with Crippen LogP contribution in [0.1, 0.15) is 72.0 Å². The van der Waals surface area contributed by atoms with E-state index in [4.69, 9.17) is 18.2 Å². The number of fused-ring (bicyclic) bond motifs is 1. The Balaban J connectivity index is 1.35. The fourth-order valence-corrected chi connectivity index (χ4v) is 7.33. The number of pyridine rings is 1. The molecular weight excluding hydrogens is 683 g/mol. The van der Waals surface area contributed by atoms with Gasteiger partial charge in [-0.2, -0.15) is 0 Å². The van der Waals surface area contributed by atoms with Crippen LogP contribution in [0.5, 0.6) is 5.75 Å². The third-order valence-corrected chi connectivity index (χ3v) is 10.5. The van der Waals surface area contributed by atoms with Crippen molar-refractivity contribution >= 4 is 11.0 Å². The molecule has 0 radical (unpaired) electrons. The normalized spacial score (nSPS) is 14.0. The maximum atomic E-state index is 11.4. The monoisotopic (exact) mass is 737 g/mol. The summed E-state index contributed by atoms with van der Waals surface area (Å²) < 4.78 is 50.4. The average Bonchev–Trinajstić information content (AvgIpc) is 3.62. The second kappa shape index (κ2) is 14.1. The fourth-order valence-electron chi connectivity index (χ4n) is 7.33. The van der Waals surface area contributed by atoms with Gasteiger partial charge in [0.05, 0.1) is 28.0 Å². The number of imidazole rings is 1. The van der Waals surface area contributed by atoms with Crippen LogP contribution in [0.2, 0.25) is 0 Å². The van der Waals surface area contributed by atoms with Gasteiger partial charge in [0.1, 0.15) is 11.6 Å². The second-order valence-electron chi connectivity index (χ2n) is 16.6. The fraction of sp³-hybridized carbons (Fsp3) is 0.192. The number of hydrogen-bond acceptors (Lipinski definition) is 3. The van der Waals surface area contributed by atoms with Crippen molar-refractivity contribution < 1.29 is 13.3 Å². The molecule has 2 heterocycles. The van der Waals surface area contributed by atoms with Gasteiger partial charge in [-0.15, -0.1) is 0 Å². The maximum Gasteiger partial charge on any atom is 0.149 e. The van der Waals surface area contributed by atoms with Crippen LogP contribution in [0.15, 0.2) is 146 Å². The molecular formula is C52H49N3O. The first-order valence-electron chi connectivity index (χ1n) is 22.0. The molecule has 0 saturated carbocycles. The Labute approximate surface area is 339 Å². The molecule has 1 N–H and O–H groups in total. The minimum Gasteiger partial charge on any atom is -0.507 e. The number of rotatable bonds is 6. The van der Waals surface area contributed by atoms with Crippen molar-refractivity contribution in [2.24, 2.45) is 0 Å². The average molecular weight is 738 g/mol. The first-order valence-corrected chi connectivity index (χ1v) is 19.0. The number of benzene rings is 6. The second-order valence-corrected chi connectivity index (χ2v) is 16.6. The van der Waals surface area contributed by atoms with Gasteiger partial charge in [-0.25, -0.2) is 4.98 Å². The lowest BCUT2D eigenvalue weighted by molar-refractivity contribution is 0.477. The molecule has 56 heavy (non-hydrogen) atoms. The number of aromatic hydroxyl groups is 1. The molecule has 0 fully saturated rings. The number of para-hydroxylation sites is 2. The van der Waals surface area contributed by atoms with Gasteiger partial charge < -0.3 is 5.11 Å². The highest BCUT2D eigenvalue weighted by atomic mass is 16.3. The zero-order chi connectivity index (χ0) is 44.4. The smallest absolute Gasteiger partial charge is 0.149 e. The van der Waals surface area contributed by atoms with E-state index in [0.717, 1.165) is 67.0 Å². The van der Waals surface area contributed by atoms with Gasteiger partial charge in [-0.3, -0.25) is 9.55 Å². The van der Waals surface area contributed by atoms with Crippen LogP contribution in [-0.4, -0.2) is 19.6 Å². The first kappa shape index (κ1) is 30.0. The Bertz CT molecular complexity index is 2950. The number of phenolic OH excluding ortho intramolecular Hbond substituents is 1. The molecule has 278 valence electrons. The highest BCUT2D eigenvalue weighted by Gasteiger charge is 2.24. The summed E-state index contributed by atoms with van der Waals surface area (Å²) in [6, 6.07) is 44.1. The van der Waals surface area contributed by atoms with Gasteiger partial charge in [0.2, 0.25) is 0 Å². The molecule has 0 spiro atoms. The zero-order valence-corrected chi connectivity index (χ0v) is 32.6. The topological polar surface area (TPSA) is 50.9 Å². The Morgan fingerprint density at radius 3 is 1.93 bits per heavy atom. The van der Waals surface area contributed by atoms with Crippen molar-refractivity contribution in [3.8, 4) is 67.5 Å². The van der Waals surface area contributed by atoms with Gasteiger partial charge in [-0.1, -0.05) is 138 Å². The number of aryl methyl sites for hydroxylation is 2. The SMILES string of the molecule is [2H]C([2H])([2H])c1ccc(-c2ccnc(-c3cc(-c4cccc5c4nc(-c4ccccc4O)n5-c4ccc(C([2H])([2H])[2H])cc4-c4ccc(C(C)(C)C)cc4)cc(C(C)(C)C)c3)c2)cc1. The number of phenols is 1. The van der Waals surface area contributed by atoms with Crippen LogP contribution in [0.25, 0.3) is 72.7 Å². The molecule has 4 heteroatoms. The Kier molecular flexibility index (Phi) is 7.56. The van der Waals surface area contributed by atoms with Gasteiger partial charge in [0, 0.05) is 31.1 Å². The van der Waals surface area contributed by atoms with E-state index in [2.05, 4.69) is 77.9 Å². The summed E-state index contributed by atoms with van der Waals surface area (Å²) >= 11 is 0. The quantitative estimate of drug-likeness (QED) is 0.185. The van der Waals surface area contributed by atoms with Crippen LogP contribution in [0.3, 0.4) is 0 Å². The largest absolute Gasteiger partial charge is 0.507 e. The van der Waals surface area contributed by atoms with Crippen molar-refractivity contribution in [1.29, 1.82) is 0 Å². The molecule has 0 atom stereocenters. The lowest BCUT2D eigenvalue weighted by Crippen LogP contribution is -2.11. The minimum atomic E-state index is -2.34. The molecule has 8 aromatic rings. The number of nitrogens with zero attached hydrogens (tertiary/aromatic N) is 3. The molecule has 0 bridgehead atoms. The molecule has 0 amide bonds. The molecule has 6 aromatic carbocycles. The molecule has 0 aliphatic carbocycles. The number of hydrogen-bond donors (Lipinski definition) is 1. The van der Waals surface area contributed by atoms with Crippen LogP contribution in [0, 0.1) is 13.7 Å². The van der Waals surface area contributed by atoms with Gasteiger partial charge in [-0.05, 0) is 113 Å².